The van der Waals surface area contributed by atoms with Gasteiger partial charge in [0.1, 0.15) is 6.10 Å². The number of alkyl halides is 3. The second-order valence-electron chi connectivity index (χ2n) is 4.43. The third kappa shape index (κ3) is 4.07. The van der Waals surface area contributed by atoms with Crippen molar-refractivity contribution in [3.8, 4) is 5.88 Å². The van der Waals surface area contributed by atoms with E-state index >= 15 is 0 Å². The monoisotopic (exact) mass is 338 g/mol. The molecule has 1 saturated heterocycles. The van der Waals surface area contributed by atoms with E-state index in [1.54, 1.807) is 0 Å². The molecule has 1 N–H and O–H groups in total. The van der Waals surface area contributed by atoms with Crippen LogP contribution in [0.1, 0.15) is 24.8 Å². The molecule has 1 aromatic rings. The lowest BCUT2D eigenvalue weighted by atomic mass is 10.1. The molecule has 2 rings (SSSR count). The van der Waals surface area contributed by atoms with E-state index in [2.05, 4.69) is 26.2 Å². The Balaban J connectivity index is 2.08. The van der Waals surface area contributed by atoms with Crippen LogP contribution < -0.4 is 10.1 Å². The number of ether oxygens (including phenoxy) is 1. The van der Waals surface area contributed by atoms with Crippen LogP contribution in [0.25, 0.3) is 0 Å². The van der Waals surface area contributed by atoms with Crippen LogP contribution >= 0.6 is 15.9 Å². The second-order valence-corrected chi connectivity index (χ2v) is 5.28. The summed E-state index contributed by atoms with van der Waals surface area (Å²) < 4.78 is 43.4. The molecule has 1 fully saturated rings. The predicted octanol–water partition coefficient (Wildman–Crippen LogP) is 3.38. The summed E-state index contributed by atoms with van der Waals surface area (Å²) in [5.74, 6) is 0.222. The Morgan fingerprint density at radius 3 is 2.79 bits per heavy atom. The molecule has 0 bridgehead atoms. The molecule has 19 heavy (non-hydrogen) atoms. The highest BCUT2D eigenvalue weighted by atomic mass is 79.9. The molecular formula is C12H14BrF3N2O. The predicted molar refractivity (Wildman–Crippen MR) is 68.1 cm³/mol. The highest BCUT2D eigenvalue weighted by Gasteiger charge is 2.31. The lowest BCUT2D eigenvalue weighted by molar-refractivity contribution is -0.137. The number of pyridine rings is 1. The van der Waals surface area contributed by atoms with E-state index in [0.717, 1.165) is 44.6 Å². The third-order valence-electron chi connectivity index (χ3n) is 2.94. The summed E-state index contributed by atoms with van der Waals surface area (Å²) in [7, 11) is 0. The zero-order chi connectivity index (χ0) is 13.9. The molecule has 0 amide bonds. The summed E-state index contributed by atoms with van der Waals surface area (Å²) in [5, 5.41) is 3.25. The van der Waals surface area contributed by atoms with E-state index in [1.165, 1.54) is 0 Å². The normalized spacial score (nSPS) is 20.9. The highest BCUT2D eigenvalue weighted by Crippen LogP contribution is 2.33. The number of hydrogen-bond acceptors (Lipinski definition) is 3. The van der Waals surface area contributed by atoms with E-state index in [9.17, 15) is 13.2 Å². The molecule has 106 valence electrons. The van der Waals surface area contributed by atoms with Gasteiger partial charge in [-0.3, -0.25) is 0 Å². The molecule has 7 heteroatoms. The number of nitrogens with zero attached hydrogens (tertiary/aromatic N) is 1. The van der Waals surface area contributed by atoms with Gasteiger partial charge in [-0.25, -0.2) is 4.98 Å². The fraction of sp³-hybridized carbons (Fsp3) is 0.583. The maximum absolute atomic E-state index is 12.5. The average Bonchev–Trinajstić information content (AvgIpc) is 2.59. The van der Waals surface area contributed by atoms with E-state index in [4.69, 9.17) is 4.74 Å². The van der Waals surface area contributed by atoms with E-state index < -0.39 is 11.7 Å². The van der Waals surface area contributed by atoms with Gasteiger partial charge < -0.3 is 10.1 Å². The topological polar surface area (TPSA) is 34.1 Å². The largest absolute Gasteiger partial charge is 0.474 e. The number of rotatable bonds is 2. The Hall–Kier alpha value is -0.820. The minimum Gasteiger partial charge on any atom is -0.474 e. The number of hydrogen-bond donors (Lipinski definition) is 1. The minimum atomic E-state index is -4.39. The quantitative estimate of drug-likeness (QED) is 0.897. The smallest absolute Gasteiger partial charge is 0.417 e. The Morgan fingerprint density at radius 1 is 1.32 bits per heavy atom. The molecule has 1 aliphatic heterocycles. The summed E-state index contributed by atoms with van der Waals surface area (Å²) >= 11 is 3.08. The van der Waals surface area contributed by atoms with Crippen molar-refractivity contribution in [3.05, 3.63) is 22.3 Å². The van der Waals surface area contributed by atoms with Crippen LogP contribution in [0.4, 0.5) is 13.2 Å². The fourth-order valence-corrected chi connectivity index (χ4v) is 2.37. The maximum atomic E-state index is 12.5. The number of aromatic nitrogens is 1. The lowest BCUT2D eigenvalue weighted by Crippen LogP contribution is -2.20. The molecule has 2 heterocycles. The average molecular weight is 339 g/mol. The minimum absolute atomic E-state index is 0.00413. The molecule has 3 nitrogen and oxygen atoms in total. The molecular weight excluding hydrogens is 325 g/mol. The van der Waals surface area contributed by atoms with Crippen LogP contribution in [0.3, 0.4) is 0 Å². The first-order valence-corrected chi connectivity index (χ1v) is 6.86. The van der Waals surface area contributed by atoms with Crippen LogP contribution in [0.15, 0.2) is 16.7 Å². The van der Waals surface area contributed by atoms with Gasteiger partial charge in [-0.05, 0) is 54.3 Å². The van der Waals surface area contributed by atoms with Gasteiger partial charge in [0.05, 0.1) is 10.0 Å². The van der Waals surface area contributed by atoms with E-state index in [1.807, 2.05) is 0 Å². The van der Waals surface area contributed by atoms with Gasteiger partial charge in [-0.2, -0.15) is 13.2 Å². The summed E-state index contributed by atoms with van der Waals surface area (Å²) in [6, 6.07) is 0.997. The molecule has 0 saturated carbocycles. The Morgan fingerprint density at radius 2 is 2.11 bits per heavy atom. The van der Waals surface area contributed by atoms with Crippen LogP contribution in [0.2, 0.25) is 0 Å². The van der Waals surface area contributed by atoms with Crippen molar-refractivity contribution in [1.82, 2.24) is 10.3 Å². The first-order chi connectivity index (χ1) is 8.97. The van der Waals surface area contributed by atoms with Crippen LogP contribution in [0, 0.1) is 0 Å². The molecule has 0 aliphatic carbocycles. The SMILES string of the molecule is FC(F)(F)c1cnc(OC2CCCNCC2)c(Br)c1. The number of nitrogens with one attached hydrogen (secondary N) is 1. The van der Waals surface area contributed by atoms with Crippen molar-refractivity contribution in [2.24, 2.45) is 0 Å². The first-order valence-electron chi connectivity index (χ1n) is 6.07. The molecule has 1 unspecified atom stereocenters. The van der Waals surface area contributed by atoms with Crippen LogP contribution in [-0.4, -0.2) is 24.2 Å². The van der Waals surface area contributed by atoms with Gasteiger partial charge in [0.25, 0.3) is 0 Å². The maximum Gasteiger partial charge on any atom is 0.417 e. The van der Waals surface area contributed by atoms with Gasteiger partial charge in [0, 0.05) is 6.20 Å². The third-order valence-corrected chi connectivity index (χ3v) is 3.50. The highest BCUT2D eigenvalue weighted by molar-refractivity contribution is 9.10. The zero-order valence-corrected chi connectivity index (χ0v) is 11.7. The van der Waals surface area contributed by atoms with Crippen LogP contribution in [-0.2, 0) is 6.18 Å². The van der Waals surface area contributed by atoms with E-state index in [0.29, 0.717) is 0 Å². The summed E-state index contributed by atoms with van der Waals surface area (Å²) in [6.07, 6.45) is -0.897. The molecule has 1 aromatic heterocycles. The van der Waals surface area contributed by atoms with Gasteiger partial charge in [-0.15, -0.1) is 0 Å². The second kappa shape index (κ2) is 6.09. The summed E-state index contributed by atoms with van der Waals surface area (Å²) in [6.45, 7) is 1.80. The van der Waals surface area contributed by atoms with Gasteiger partial charge in [0.2, 0.25) is 5.88 Å². The van der Waals surface area contributed by atoms with Crippen molar-refractivity contribution >= 4 is 15.9 Å². The molecule has 1 atom stereocenters. The Kier molecular flexibility index (Phi) is 4.67. The zero-order valence-electron chi connectivity index (χ0n) is 10.1. The fourth-order valence-electron chi connectivity index (χ4n) is 1.93. The van der Waals surface area contributed by atoms with Crippen molar-refractivity contribution in [3.63, 3.8) is 0 Å². The van der Waals surface area contributed by atoms with Gasteiger partial charge in [-0.1, -0.05) is 0 Å². The van der Waals surface area contributed by atoms with Crippen molar-refractivity contribution in [2.45, 2.75) is 31.5 Å². The van der Waals surface area contributed by atoms with Crippen molar-refractivity contribution < 1.29 is 17.9 Å². The molecule has 1 aliphatic rings. The number of halogens is 4. The van der Waals surface area contributed by atoms with Gasteiger partial charge >= 0.3 is 6.18 Å². The lowest BCUT2D eigenvalue weighted by Gasteiger charge is -2.17. The molecule has 0 aromatic carbocycles. The van der Waals surface area contributed by atoms with Crippen molar-refractivity contribution in [1.29, 1.82) is 0 Å². The Labute approximate surface area is 117 Å². The van der Waals surface area contributed by atoms with Crippen molar-refractivity contribution in [2.75, 3.05) is 13.1 Å². The molecule has 0 radical (unpaired) electrons. The first kappa shape index (κ1) is 14.6. The van der Waals surface area contributed by atoms with Crippen LogP contribution in [0.5, 0.6) is 5.88 Å². The molecule has 0 spiro atoms. The summed E-state index contributed by atoms with van der Waals surface area (Å²) in [5.41, 5.74) is -0.783. The standard InChI is InChI=1S/C12H14BrF3N2O/c13-10-6-8(12(14,15)16)7-18-11(10)19-9-2-1-4-17-5-3-9/h6-7,9,17H,1-5H2. The van der Waals surface area contributed by atoms with E-state index in [-0.39, 0.29) is 16.5 Å². The van der Waals surface area contributed by atoms with Gasteiger partial charge in [0.15, 0.2) is 0 Å². The Bertz CT molecular complexity index is 431. The summed E-state index contributed by atoms with van der Waals surface area (Å²) in [4.78, 5) is 3.76.